The van der Waals surface area contributed by atoms with Crippen LogP contribution < -0.4 is 5.32 Å². The Balaban J connectivity index is 1.97. The van der Waals surface area contributed by atoms with Gasteiger partial charge in [0.05, 0.1) is 17.1 Å². The van der Waals surface area contributed by atoms with Crippen molar-refractivity contribution in [3.63, 3.8) is 0 Å². The molecule has 24 heavy (non-hydrogen) atoms. The van der Waals surface area contributed by atoms with Crippen LogP contribution in [0.4, 0.5) is 5.82 Å². The third-order valence-corrected chi connectivity index (χ3v) is 5.39. The largest absolute Gasteiger partial charge is 0.306 e. The van der Waals surface area contributed by atoms with Crippen LogP contribution in [0.3, 0.4) is 0 Å². The highest BCUT2D eigenvalue weighted by Gasteiger charge is 2.20. The van der Waals surface area contributed by atoms with E-state index in [0.717, 1.165) is 33.7 Å². The highest BCUT2D eigenvalue weighted by atomic mass is 32.1. The van der Waals surface area contributed by atoms with Crippen molar-refractivity contribution in [2.75, 3.05) is 5.32 Å². The number of hydrogen-bond acceptors (Lipinski definition) is 5. The van der Waals surface area contributed by atoms with Gasteiger partial charge in [0.15, 0.2) is 0 Å². The lowest BCUT2D eigenvalue weighted by molar-refractivity contribution is 0.102. The number of hydrogen-bond donors (Lipinski definition) is 1. The van der Waals surface area contributed by atoms with Gasteiger partial charge in [-0.25, -0.2) is 14.6 Å². The Labute approximate surface area is 144 Å². The number of rotatable bonds is 4. The first kappa shape index (κ1) is 16.6. The molecule has 0 bridgehead atoms. The fraction of sp³-hybridized carbons (Fsp3) is 0.412. The summed E-state index contributed by atoms with van der Waals surface area (Å²) in [6.45, 7) is 9.95. The van der Waals surface area contributed by atoms with Crippen molar-refractivity contribution >= 4 is 33.3 Å². The first-order valence-electron chi connectivity index (χ1n) is 8.01. The molecule has 0 aromatic carbocycles. The van der Waals surface area contributed by atoms with Gasteiger partial charge in [0.1, 0.15) is 16.5 Å². The molecule has 0 saturated heterocycles. The Morgan fingerprint density at radius 3 is 2.79 bits per heavy atom. The monoisotopic (exact) mass is 343 g/mol. The van der Waals surface area contributed by atoms with Crippen molar-refractivity contribution in [1.82, 2.24) is 19.7 Å². The number of amides is 1. The van der Waals surface area contributed by atoms with E-state index in [1.54, 1.807) is 6.20 Å². The van der Waals surface area contributed by atoms with E-state index in [-0.39, 0.29) is 11.9 Å². The van der Waals surface area contributed by atoms with Crippen molar-refractivity contribution in [3.8, 4) is 0 Å². The van der Waals surface area contributed by atoms with Crippen LogP contribution in [0.1, 0.15) is 53.1 Å². The standard InChI is InChI=1S/C17H21N5OS/c1-6-9(2)22-13(7-8-18-22)21-16(23)15-10(3)14-11(4)19-12(5)20-17(14)24-15/h7-9H,6H2,1-5H3,(H,21,23)/t9-/m1/s1. The fourth-order valence-electron chi connectivity index (χ4n) is 2.80. The molecule has 0 fully saturated rings. The van der Waals surface area contributed by atoms with Crippen LogP contribution in [-0.4, -0.2) is 25.7 Å². The Bertz CT molecular complexity index is 911. The molecule has 0 aliphatic rings. The normalized spacial score (nSPS) is 12.5. The Hall–Kier alpha value is -2.28. The number of thiophene rings is 1. The number of aromatic nitrogens is 4. The molecular formula is C17H21N5OS. The molecule has 1 N–H and O–H groups in total. The number of carbonyl (C=O) groups excluding carboxylic acids is 1. The maximum absolute atomic E-state index is 12.8. The predicted octanol–water partition coefficient (Wildman–Crippen LogP) is 4.04. The van der Waals surface area contributed by atoms with Gasteiger partial charge in [0.2, 0.25) is 0 Å². The van der Waals surface area contributed by atoms with Crippen LogP contribution in [0.15, 0.2) is 12.3 Å². The van der Waals surface area contributed by atoms with Gasteiger partial charge in [-0.2, -0.15) is 5.10 Å². The van der Waals surface area contributed by atoms with Gasteiger partial charge in [-0.1, -0.05) is 6.92 Å². The maximum atomic E-state index is 12.8. The molecule has 0 unspecified atom stereocenters. The van der Waals surface area contributed by atoms with Crippen LogP contribution in [0.25, 0.3) is 10.2 Å². The van der Waals surface area contributed by atoms with Crippen LogP contribution in [0.2, 0.25) is 0 Å². The molecule has 7 heteroatoms. The Morgan fingerprint density at radius 2 is 2.08 bits per heavy atom. The minimum absolute atomic E-state index is 0.127. The summed E-state index contributed by atoms with van der Waals surface area (Å²) in [6.07, 6.45) is 2.65. The van der Waals surface area contributed by atoms with E-state index in [1.165, 1.54) is 11.3 Å². The molecule has 0 radical (unpaired) electrons. The second kappa shape index (κ2) is 6.32. The second-order valence-corrected chi connectivity index (χ2v) is 6.96. The molecule has 6 nitrogen and oxygen atoms in total. The number of aryl methyl sites for hydroxylation is 3. The Morgan fingerprint density at radius 1 is 1.33 bits per heavy atom. The zero-order chi connectivity index (χ0) is 17.4. The molecule has 3 aromatic heterocycles. The Kier molecular flexibility index (Phi) is 4.36. The van der Waals surface area contributed by atoms with Gasteiger partial charge in [0, 0.05) is 17.1 Å². The molecule has 0 saturated carbocycles. The number of nitrogens with zero attached hydrogens (tertiary/aromatic N) is 4. The minimum Gasteiger partial charge on any atom is -0.306 e. The summed E-state index contributed by atoms with van der Waals surface area (Å²) >= 11 is 1.41. The van der Waals surface area contributed by atoms with E-state index in [0.29, 0.717) is 10.7 Å². The van der Waals surface area contributed by atoms with Crippen LogP contribution >= 0.6 is 11.3 Å². The third kappa shape index (κ3) is 2.80. The van der Waals surface area contributed by atoms with Crippen molar-refractivity contribution < 1.29 is 4.79 Å². The van der Waals surface area contributed by atoms with E-state index in [1.807, 2.05) is 31.5 Å². The lowest BCUT2D eigenvalue weighted by Crippen LogP contribution is -2.17. The zero-order valence-corrected chi connectivity index (χ0v) is 15.4. The highest BCUT2D eigenvalue weighted by Crippen LogP contribution is 2.31. The first-order chi connectivity index (χ1) is 11.4. The maximum Gasteiger partial charge on any atom is 0.267 e. The van der Waals surface area contributed by atoms with Gasteiger partial charge in [-0.15, -0.1) is 11.3 Å². The summed E-state index contributed by atoms with van der Waals surface area (Å²) in [7, 11) is 0. The molecule has 0 aliphatic heterocycles. The van der Waals surface area contributed by atoms with Crippen molar-refractivity contribution in [2.45, 2.75) is 47.1 Å². The lowest BCUT2D eigenvalue weighted by Gasteiger charge is -2.14. The van der Waals surface area contributed by atoms with E-state index in [4.69, 9.17) is 0 Å². The van der Waals surface area contributed by atoms with E-state index in [9.17, 15) is 4.79 Å². The SMILES string of the molecule is CC[C@@H](C)n1nccc1NC(=O)c1sc2nc(C)nc(C)c2c1C. The molecule has 0 spiro atoms. The van der Waals surface area contributed by atoms with Gasteiger partial charge in [-0.05, 0) is 39.7 Å². The van der Waals surface area contributed by atoms with E-state index in [2.05, 4.69) is 34.2 Å². The van der Waals surface area contributed by atoms with Crippen LogP contribution in [-0.2, 0) is 0 Å². The average molecular weight is 343 g/mol. The molecule has 0 aliphatic carbocycles. The van der Waals surface area contributed by atoms with Gasteiger partial charge in [0.25, 0.3) is 5.91 Å². The lowest BCUT2D eigenvalue weighted by atomic mass is 10.1. The zero-order valence-electron chi connectivity index (χ0n) is 14.5. The minimum atomic E-state index is -0.127. The van der Waals surface area contributed by atoms with Gasteiger partial charge < -0.3 is 5.32 Å². The molecule has 3 aromatic rings. The summed E-state index contributed by atoms with van der Waals surface area (Å²) < 4.78 is 1.84. The molecular weight excluding hydrogens is 322 g/mol. The summed E-state index contributed by atoms with van der Waals surface area (Å²) in [5.41, 5.74) is 1.84. The van der Waals surface area contributed by atoms with Crippen LogP contribution in [0, 0.1) is 20.8 Å². The number of carbonyl (C=O) groups is 1. The van der Waals surface area contributed by atoms with E-state index >= 15 is 0 Å². The molecule has 3 rings (SSSR count). The summed E-state index contributed by atoms with van der Waals surface area (Å²) in [4.78, 5) is 23.2. The summed E-state index contributed by atoms with van der Waals surface area (Å²) in [5.74, 6) is 1.31. The summed E-state index contributed by atoms with van der Waals surface area (Å²) in [5, 5.41) is 8.27. The topological polar surface area (TPSA) is 72.7 Å². The molecule has 3 heterocycles. The average Bonchev–Trinajstić information content (AvgIpc) is 3.11. The van der Waals surface area contributed by atoms with Gasteiger partial charge >= 0.3 is 0 Å². The molecule has 1 amide bonds. The number of anilines is 1. The number of fused-ring (bicyclic) bond motifs is 1. The third-order valence-electron chi connectivity index (χ3n) is 4.21. The van der Waals surface area contributed by atoms with Crippen LogP contribution in [0.5, 0.6) is 0 Å². The fourth-order valence-corrected chi connectivity index (χ4v) is 3.97. The summed E-state index contributed by atoms with van der Waals surface area (Å²) in [6, 6.07) is 2.05. The van der Waals surface area contributed by atoms with Crippen molar-refractivity contribution in [2.24, 2.45) is 0 Å². The second-order valence-electron chi connectivity index (χ2n) is 5.96. The molecule has 126 valence electrons. The quantitative estimate of drug-likeness (QED) is 0.776. The van der Waals surface area contributed by atoms with E-state index < -0.39 is 0 Å². The number of nitrogens with one attached hydrogen (secondary N) is 1. The highest BCUT2D eigenvalue weighted by molar-refractivity contribution is 7.20. The smallest absolute Gasteiger partial charge is 0.267 e. The first-order valence-corrected chi connectivity index (χ1v) is 8.83. The van der Waals surface area contributed by atoms with Crippen molar-refractivity contribution in [3.05, 3.63) is 34.2 Å². The van der Waals surface area contributed by atoms with Gasteiger partial charge in [-0.3, -0.25) is 4.79 Å². The molecule has 1 atom stereocenters. The van der Waals surface area contributed by atoms with Crippen molar-refractivity contribution in [1.29, 1.82) is 0 Å². The predicted molar refractivity (Wildman–Crippen MR) is 96.8 cm³/mol.